The van der Waals surface area contributed by atoms with Crippen molar-refractivity contribution in [2.24, 2.45) is 7.05 Å². The van der Waals surface area contributed by atoms with Gasteiger partial charge < -0.3 is 10.5 Å². The van der Waals surface area contributed by atoms with E-state index in [-0.39, 0.29) is 28.5 Å². The molecule has 0 radical (unpaired) electrons. The molecule has 18 heavy (non-hydrogen) atoms. The molecule has 2 aromatic rings. The maximum Gasteiger partial charge on any atom is 0.198 e. The third-order valence-corrected chi connectivity index (χ3v) is 2.64. The number of halogens is 1. The van der Waals surface area contributed by atoms with Crippen molar-refractivity contribution in [2.45, 2.75) is 0 Å². The molecule has 0 spiro atoms. The van der Waals surface area contributed by atoms with Crippen LogP contribution in [0.2, 0.25) is 0 Å². The van der Waals surface area contributed by atoms with Crippen LogP contribution in [0.1, 0.15) is 15.9 Å². The summed E-state index contributed by atoms with van der Waals surface area (Å²) in [5.41, 5.74) is 6.15. The molecule has 0 saturated heterocycles. The number of ether oxygens (including phenoxy) is 1. The Kier molecular flexibility index (Phi) is 3.01. The second kappa shape index (κ2) is 4.48. The molecule has 0 unspecified atom stereocenters. The summed E-state index contributed by atoms with van der Waals surface area (Å²) >= 11 is 0. The third-order valence-electron chi connectivity index (χ3n) is 2.64. The first-order chi connectivity index (χ1) is 8.54. The van der Waals surface area contributed by atoms with Crippen molar-refractivity contribution >= 4 is 11.6 Å². The average molecular weight is 249 g/mol. The summed E-state index contributed by atoms with van der Waals surface area (Å²) in [6.07, 6.45) is 1.36. The van der Waals surface area contributed by atoms with Crippen LogP contribution in [0, 0.1) is 5.82 Å². The van der Waals surface area contributed by atoms with Gasteiger partial charge in [0, 0.05) is 12.6 Å². The molecule has 0 bridgehead atoms. The van der Waals surface area contributed by atoms with E-state index in [9.17, 15) is 9.18 Å². The van der Waals surface area contributed by atoms with Gasteiger partial charge in [0.15, 0.2) is 17.3 Å². The molecular weight excluding hydrogens is 237 g/mol. The van der Waals surface area contributed by atoms with Crippen LogP contribution in [0.25, 0.3) is 0 Å². The van der Waals surface area contributed by atoms with Gasteiger partial charge in [0.2, 0.25) is 0 Å². The fourth-order valence-corrected chi connectivity index (χ4v) is 1.59. The predicted molar refractivity (Wildman–Crippen MR) is 64.0 cm³/mol. The summed E-state index contributed by atoms with van der Waals surface area (Å²) in [5, 5.41) is 3.87. The lowest BCUT2D eigenvalue weighted by Gasteiger charge is -2.04. The van der Waals surface area contributed by atoms with Crippen molar-refractivity contribution in [3.63, 3.8) is 0 Å². The van der Waals surface area contributed by atoms with Gasteiger partial charge in [-0.2, -0.15) is 5.10 Å². The highest BCUT2D eigenvalue weighted by Crippen LogP contribution is 2.21. The molecule has 0 atom stereocenters. The molecule has 1 aromatic heterocycles. The van der Waals surface area contributed by atoms with E-state index in [1.54, 1.807) is 7.05 Å². The summed E-state index contributed by atoms with van der Waals surface area (Å²) in [6, 6.07) is 4.00. The van der Waals surface area contributed by atoms with Crippen molar-refractivity contribution in [1.82, 2.24) is 9.78 Å². The molecule has 1 heterocycles. The van der Waals surface area contributed by atoms with E-state index < -0.39 is 5.82 Å². The molecule has 5 nitrogen and oxygen atoms in total. The van der Waals surface area contributed by atoms with Gasteiger partial charge in [0.1, 0.15) is 5.82 Å². The summed E-state index contributed by atoms with van der Waals surface area (Å²) in [7, 11) is 2.99. The molecule has 0 saturated carbocycles. The summed E-state index contributed by atoms with van der Waals surface area (Å²) in [4.78, 5) is 12.1. The van der Waals surface area contributed by atoms with Crippen molar-refractivity contribution in [3.05, 3.63) is 41.3 Å². The van der Waals surface area contributed by atoms with Crippen LogP contribution in [-0.2, 0) is 7.05 Å². The van der Waals surface area contributed by atoms with Crippen molar-refractivity contribution < 1.29 is 13.9 Å². The van der Waals surface area contributed by atoms with Crippen LogP contribution in [0.4, 0.5) is 10.2 Å². The number of hydrogen-bond acceptors (Lipinski definition) is 4. The van der Waals surface area contributed by atoms with Crippen LogP contribution in [0.3, 0.4) is 0 Å². The van der Waals surface area contributed by atoms with Gasteiger partial charge in [-0.3, -0.25) is 9.48 Å². The number of rotatable bonds is 3. The van der Waals surface area contributed by atoms with E-state index >= 15 is 0 Å². The Morgan fingerprint density at radius 1 is 1.50 bits per heavy atom. The van der Waals surface area contributed by atoms with Crippen LogP contribution in [-0.4, -0.2) is 22.7 Å². The first-order valence-electron chi connectivity index (χ1n) is 5.20. The SMILES string of the molecule is COc1ccc(C(=O)c2cnn(C)c2N)cc1F. The van der Waals surface area contributed by atoms with Crippen LogP contribution >= 0.6 is 0 Å². The zero-order valence-electron chi connectivity index (χ0n) is 9.98. The molecule has 0 aliphatic heterocycles. The maximum atomic E-state index is 13.5. The molecule has 2 N–H and O–H groups in total. The number of carbonyl (C=O) groups is 1. The average Bonchev–Trinajstić information content (AvgIpc) is 2.69. The lowest BCUT2D eigenvalue weighted by Crippen LogP contribution is -2.06. The molecule has 0 aliphatic carbocycles. The van der Waals surface area contributed by atoms with Crippen LogP contribution in [0.15, 0.2) is 24.4 Å². The van der Waals surface area contributed by atoms with Crippen molar-refractivity contribution in [1.29, 1.82) is 0 Å². The highest BCUT2D eigenvalue weighted by atomic mass is 19.1. The fourth-order valence-electron chi connectivity index (χ4n) is 1.59. The minimum Gasteiger partial charge on any atom is -0.494 e. The highest BCUT2D eigenvalue weighted by Gasteiger charge is 2.17. The Morgan fingerprint density at radius 2 is 2.22 bits per heavy atom. The van der Waals surface area contributed by atoms with E-state index in [0.717, 1.165) is 6.07 Å². The van der Waals surface area contributed by atoms with Crippen molar-refractivity contribution in [3.8, 4) is 5.75 Å². The van der Waals surface area contributed by atoms with Gasteiger partial charge in [-0.25, -0.2) is 4.39 Å². The van der Waals surface area contributed by atoms with Gasteiger partial charge in [-0.1, -0.05) is 0 Å². The number of aryl methyl sites for hydroxylation is 1. The lowest BCUT2D eigenvalue weighted by molar-refractivity contribution is 0.103. The second-order valence-electron chi connectivity index (χ2n) is 3.75. The molecule has 6 heteroatoms. The van der Waals surface area contributed by atoms with Crippen LogP contribution in [0.5, 0.6) is 5.75 Å². The van der Waals surface area contributed by atoms with Gasteiger partial charge in [-0.15, -0.1) is 0 Å². The van der Waals surface area contributed by atoms with E-state index in [2.05, 4.69) is 5.10 Å². The van der Waals surface area contributed by atoms with Gasteiger partial charge in [-0.05, 0) is 18.2 Å². The maximum absolute atomic E-state index is 13.5. The lowest BCUT2D eigenvalue weighted by atomic mass is 10.1. The number of carbonyl (C=O) groups excluding carboxylic acids is 1. The van der Waals surface area contributed by atoms with Gasteiger partial charge >= 0.3 is 0 Å². The summed E-state index contributed by atoms with van der Waals surface area (Å²) < 4.78 is 19.7. The Balaban J connectivity index is 2.40. The molecule has 0 amide bonds. The zero-order valence-corrected chi connectivity index (χ0v) is 9.98. The Bertz CT molecular complexity index is 607. The molecular formula is C12H12FN3O2. The summed E-state index contributed by atoms with van der Waals surface area (Å²) in [5.74, 6) is -0.630. The molecule has 94 valence electrons. The number of methoxy groups -OCH3 is 1. The number of nitrogen functional groups attached to an aromatic ring is 1. The minimum atomic E-state index is -0.592. The number of aromatic nitrogens is 2. The van der Waals surface area contributed by atoms with E-state index in [1.165, 1.54) is 30.1 Å². The largest absolute Gasteiger partial charge is 0.494 e. The number of nitrogens with two attached hydrogens (primary N) is 1. The van der Waals surface area contributed by atoms with Crippen molar-refractivity contribution in [2.75, 3.05) is 12.8 Å². The molecule has 0 aliphatic rings. The van der Waals surface area contributed by atoms with E-state index in [4.69, 9.17) is 10.5 Å². The number of nitrogens with zero attached hydrogens (tertiary/aromatic N) is 2. The Morgan fingerprint density at radius 3 is 2.72 bits per heavy atom. The summed E-state index contributed by atoms with van der Waals surface area (Å²) in [6.45, 7) is 0. The quantitative estimate of drug-likeness (QED) is 0.834. The highest BCUT2D eigenvalue weighted by molar-refractivity contribution is 6.11. The monoisotopic (exact) mass is 249 g/mol. The standard InChI is InChI=1S/C12H12FN3O2/c1-16-12(14)8(6-15-16)11(17)7-3-4-10(18-2)9(13)5-7/h3-6H,14H2,1-2H3. The van der Waals surface area contributed by atoms with Crippen LogP contribution < -0.4 is 10.5 Å². The van der Waals surface area contributed by atoms with Gasteiger partial charge in [0.05, 0.1) is 18.9 Å². The third kappa shape index (κ3) is 1.92. The second-order valence-corrected chi connectivity index (χ2v) is 3.75. The molecule has 2 rings (SSSR count). The number of benzene rings is 1. The Labute approximate surface area is 103 Å². The minimum absolute atomic E-state index is 0.0886. The Hall–Kier alpha value is -2.37. The van der Waals surface area contributed by atoms with E-state index in [1.807, 2.05) is 0 Å². The fraction of sp³-hybridized carbons (Fsp3) is 0.167. The number of ketones is 1. The first kappa shape index (κ1) is 12.1. The normalized spacial score (nSPS) is 10.4. The zero-order chi connectivity index (χ0) is 13.3. The first-order valence-corrected chi connectivity index (χ1v) is 5.20. The topological polar surface area (TPSA) is 70.1 Å². The smallest absolute Gasteiger partial charge is 0.198 e. The van der Waals surface area contributed by atoms with E-state index in [0.29, 0.717) is 0 Å². The number of anilines is 1. The molecule has 0 fully saturated rings. The predicted octanol–water partition coefficient (Wildman–Crippen LogP) is 1.38. The molecule has 1 aromatic carbocycles. The number of hydrogen-bond donors (Lipinski definition) is 1. The van der Waals surface area contributed by atoms with Gasteiger partial charge in [0.25, 0.3) is 0 Å².